The van der Waals surface area contributed by atoms with Crippen molar-refractivity contribution in [3.8, 4) is 0 Å². The first-order valence-corrected chi connectivity index (χ1v) is 7.60. The Morgan fingerprint density at radius 3 is 2.12 bits per heavy atom. The van der Waals surface area contributed by atoms with Gasteiger partial charge in [0, 0.05) is 0 Å². The summed E-state index contributed by atoms with van der Waals surface area (Å²) in [6.45, 7) is -1.94. The van der Waals surface area contributed by atoms with Crippen LogP contribution in [-0.4, -0.2) is 117 Å². The Kier molecular flexibility index (Phi) is 7.06. The largest absolute Gasteiger partial charge is 0.394 e. The molecule has 0 radical (unpaired) electrons. The molecule has 12 nitrogen and oxygen atoms in total. The third kappa shape index (κ3) is 3.95. The summed E-state index contributed by atoms with van der Waals surface area (Å²) in [5.74, 6) is -2.22. The van der Waals surface area contributed by atoms with Crippen molar-refractivity contribution < 1.29 is 59.7 Å². The van der Waals surface area contributed by atoms with Crippen LogP contribution in [0.2, 0.25) is 0 Å². The molecule has 0 aromatic heterocycles. The summed E-state index contributed by atoms with van der Waals surface area (Å²) in [4.78, 5) is 9.02. The van der Waals surface area contributed by atoms with Gasteiger partial charge in [-0.05, 0) is 0 Å². The van der Waals surface area contributed by atoms with Crippen LogP contribution >= 0.6 is 0 Å². The lowest BCUT2D eigenvalue weighted by Gasteiger charge is -2.43. The number of hydrogen-bond acceptors (Lipinski definition) is 12. The number of ether oxygens (including phenoxy) is 3. The van der Waals surface area contributed by atoms with Gasteiger partial charge in [0.05, 0.1) is 13.7 Å². The average molecular weight is 372 g/mol. The zero-order valence-electron chi connectivity index (χ0n) is 13.4. The summed E-state index contributed by atoms with van der Waals surface area (Å²) in [6, 6.07) is 0. The van der Waals surface area contributed by atoms with Crippen molar-refractivity contribution in [2.75, 3.05) is 26.9 Å². The molecule has 2 aliphatic rings. The van der Waals surface area contributed by atoms with Crippen molar-refractivity contribution in [3.05, 3.63) is 0 Å². The lowest BCUT2D eigenvalue weighted by Crippen LogP contribution is -2.62. The molecule has 2 saturated heterocycles. The van der Waals surface area contributed by atoms with E-state index in [2.05, 4.69) is 9.78 Å². The van der Waals surface area contributed by atoms with E-state index in [1.165, 1.54) is 7.11 Å². The smallest absolute Gasteiger partial charge is 0.224 e. The van der Waals surface area contributed by atoms with E-state index in [0.717, 1.165) is 0 Å². The van der Waals surface area contributed by atoms with Crippen LogP contribution in [0.5, 0.6) is 0 Å². The van der Waals surface area contributed by atoms with Gasteiger partial charge in [-0.2, -0.15) is 0 Å². The molecule has 0 bridgehead atoms. The van der Waals surface area contributed by atoms with Gasteiger partial charge in [-0.15, -0.1) is 0 Å². The molecular formula is C13H24O12. The Hall–Kier alpha value is -0.480. The maximum absolute atomic E-state index is 10.1. The molecule has 0 spiro atoms. The zero-order chi connectivity index (χ0) is 18.8. The van der Waals surface area contributed by atoms with E-state index in [9.17, 15) is 30.6 Å². The number of aliphatic hydroxyl groups excluding tert-OH is 7. The Morgan fingerprint density at radius 1 is 0.920 bits per heavy atom. The van der Waals surface area contributed by atoms with Crippen LogP contribution in [0.4, 0.5) is 0 Å². The predicted octanol–water partition coefficient (Wildman–Crippen LogP) is -4.81. The fraction of sp³-hybridized carbons (Fsp3) is 1.00. The van der Waals surface area contributed by atoms with Crippen molar-refractivity contribution in [1.29, 1.82) is 0 Å². The summed E-state index contributed by atoms with van der Waals surface area (Å²) in [5, 5.41) is 68.4. The molecule has 25 heavy (non-hydrogen) atoms. The normalized spacial score (nSPS) is 48.0. The van der Waals surface area contributed by atoms with Crippen molar-refractivity contribution in [2.24, 2.45) is 0 Å². The molecule has 148 valence electrons. The first-order valence-electron chi connectivity index (χ1n) is 7.60. The second kappa shape index (κ2) is 8.47. The maximum Gasteiger partial charge on any atom is 0.224 e. The average Bonchev–Trinajstić information content (AvgIpc) is 2.86. The SMILES string of the molecule is COOC[C@H]1O[C@H](O[C@]2(CO)O[C@H](CO)[C@@H](O)[C@@H]2O)[C@H](O)[C@@H](O)[C@@H]1O. The monoisotopic (exact) mass is 372 g/mol. The molecule has 0 saturated carbocycles. The predicted molar refractivity (Wildman–Crippen MR) is 74.5 cm³/mol. The van der Waals surface area contributed by atoms with Gasteiger partial charge in [-0.25, -0.2) is 9.78 Å². The van der Waals surface area contributed by atoms with Gasteiger partial charge in [0.15, 0.2) is 6.29 Å². The van der Waals surface area contributed by atoms with E-state index >= 15 is 0 Å². The Morgan fingerprint density at radius 2 is 1.60 bits per heavy atom. The molecule has 2 rings (SSSR count). The third-order valence-electron chi connectivity index (χ3n) is 4.24. The van der Waals surface area contributed by atoms with Crippen LogP contribution in [0.1, 0.15) is 0 Å². The number of rotatable bonds is 7. The Balaban J connectivity index is 2.15. The Bertz CT molecular complexity index is 424. The first-order chi connectivity index (χ1) is 11.8. The first kappa shape index (κ1) is 20.8. The molecule has 7 N–H and O–H groups in total. The van der Waals surface area contributed by atoms with Crippen LogP contribution in [0.3, 0.4) is 0 Å². The molecule has 0 aliphatic carbocycles. The molecule has 2 heterocycles. The lowest BCUT2D eigenvalue weighted by molar-refractivity contribution is -0.393. The summed E-state index contributed by atoms with van der Waals surface area (Å²) in [7, 11) is 1.22. The molecule has 12 heteroatoms. The second-order valence-electron chi connectivity index (χ2n) is 5.83. The maximum atomic E-state index is 10.1. The Labute approximate surface area is 142 Å². The topological polar surface area (TPSA) is 188 Å². The minimum absolute atomic E-state index is 0.321. The summed E-state index contributed by atoms with van der Waals surface area (Å²) < 4.78 is 15.8. The summed E-state index contributed by atoms with van der Waals surface area (Å²) >= 11 is 0. The minimum Gasteiger partial charge on any atom is -0.394 e. The van der Waals surface area contributed by atoms with Crippen LogP contribution < -0.4 is 0 Å². The third-order valence-corrected chi connectivity index (χ3v) is 4.24. The van der Waals surface area contributed by atoms with Gasteiger partial charge in [0.25, 0.3) is 0 Å². The summed E-state index contributed by atoms with van der Waals surface area (Å²) in [5.41, 5.74) is 0. The van der Waals surface area contributed by atoms with Gasteiger partial charge in [0.1, 0.15) is 55.9 Å². The van der Waals surface area contributed by atoms with Crippen molar-refractivity contribution >= 4 is 0 Å². The van der Waals surface area contributed by atoms with Gasteiger partial charge >= 0.3 is 0 Å². The quantitative estimate of drug-likeness (QED) is 0.167. The molecule has 0 aromatic carbocycles. The zero-order valence-corrected chi connectivity index (χ0v) is 13.4. The highest BCUT2D eigenvalue weighted by Crippen LogP contribution is 2.35. The molecule has 2 fully saturated rings. The van der Waals surface area contributed by atoms with E-state index in [4.69, 9.17) is 19.3 Å². The van der Waals surface area contributed by atoms with Crippen LogP contribution in [0.25, 0.3) is 0 Å². The van der Waals surface area contributed by atoms with E-state index in [1.807, 2.05) is 0 Å². The standard InChI is InChI=1S/C13H24O12/c1-21-22-3-6-7(16)9(18)10(19)12(23-6)25-13(4-15)11(20)8(17)5(2-14)24-13/h5-12,14-20H,2-4H2,1H3/t5-,6-,7-,8-,9+,10-,11+,12-,13+/m1/s1. The highest BCUT2D eigenvalue weighted by molar-refractivity contribution is 4.98. The molecule has 2 aliphatic heterocycles. The van der Waals surface area contributed by atoms with Gasteiger partial charge < -0.3 is 50.0 Å². The fourth-order valence-corrected chi connectivity index (χ4v) is 2.75. The molecule has 0 amide bonds. The van der Waals surface area contributed by atoms with E-state index in [-0.39, 0.29) is 6.61 Å². The molecular weight excluding hydrogens is 348 g/mol. The fourth-order valence-electron chi connectivity index (χ4n) is 2.75. The highest BCUT2D eigenvalue weighted by atomic mass is 17.2. The second-order valence-corrected chi connectivity index (χ2v) is 5.83. The minimum atomic E-state index is -2.22. The number of hydrogen-bond donors (Lipinski definition) is 7. The van der Waals surface area contributed by atoms with Crippen LogP contribution in [0, 0.1) is 0 Å². The van der Waals surface area contributed by atoms with Gasteiger partial charge in [-0.3, -0.25) is 0 Å². The molecule has 9 atom stereocenters. The lowest BCUT2D eigenvalue weighted by atomic mass is 9.99. The number of aliphatic hydroxyl groups is 7. The molecule has 0 aromatic rings. The van der Waals surface area contributed by atoms with Gasteiger partial charge in [-0.1, -0.05) is 0 Å². The van der Waals surface area contributed by atoms with Crippen LogP contribution in [-0.2, 0) is 24.0 Å². The van der Waals surface area contributed by atoms with Crippen molar-refractivity contribution in [2.45, 2.75) is 54.8 Å². The van der Waals surface area contributed by atoms with E-state index < -0.39 is 68.0 Å². The van der Waals surface area contributed by atoms with Crippen molar-refractivity contribution in [3.63, 3.8) is 0 Å². The van der Waals surface area contributed by atoms with Crippen LogP contribution in [0.15, 0.2) is 0 Å². The van der Waals surface area contributed by atoms with E-state index in [0.29, 0.717) is 0 Å². The molecule has 0 unspecified atom stereocenters. The summed E-state index contributed by atoms with van der Waals surface area (Å²) in [6.07, 6.45) is -12.4. The van der Waals surface area contributed by atoms with Crippen molar-refractivity contribution in [1.82, 2.24) is 0 Å². The van der Waals surface area contributed by atoms with E-state index in [1.54, 1.807) is 0 Å². The highest BCUT2D eigenvalue weighted by Gasteiger charge is 2.58. The van der Waals surface area contributed by atoms with Gasteiger partial charge in [0.2, 0.25) is 5.79 Å².